The maximum atomic E-state index is 11.8. The third-order valence-corrected chi connectivity index (χ3v) is 2.54. The number of hydrogen-bond acceptors (Lipinski definition) is 2. The van der Waals surface area contributed by atoms with E-state index in [4.69, 9.17) is 11.6 Å². The zero-order valence-corrected chi connectivity index (χ0v) is 11.3. The minimum atomic E-state index is 0.179. The van der Waals surface area contributed by atoms with E-state index in [0.717, 1.165) is 0 Å². The molecule has 4 nitrogen and oxygen atoms in total. The van der Waals surface area contributed by atoms with E-state index >= 15 is 0 Å². The number of benzene rings is 1. The summed E-state index contributed by atoms with van der Waals surface area (Å²) in [7, 11) is 0. The number of rotatable bonds is 4. The molecule has 5 heteroatoms. The van der Waals surface area contributed by atoms with Gasteiger partial charge in [-0.2, -0.15) is 5.01 Å². The zero-order chi connectivity index (χ0) is 13.0. The molecular formula is C12H18ClN3O. The van der Waals surface area contributed by atoms with Crippen LogP contribution in [0.1, 0.15) is 27.7 Å². The molecule has 0 radical (unpaired) electrons. The molecule has 0 aliphatic rings. The third-order valence-electron chi connectivity index (χ3n) is 2.29. The SMILES string of the molecule is CC(C)N(N=[N+]([O-])c1ccc(Cl)cc1)C(C)C. The molecule has 0 N–H and O–H groups in total. The van der Waals surface area contributed by atoms with Crippen LogP contribution in [0.15, 0.2) is 29.5 Å². The van der Waals surface area contributed by atoms with Gasteiger partial charge in [0.25, 0.3) is 0 Å². The van der Waals surface area contributed by atoms with Crippen LogP contribution in [0.3, 0.4) is 0 Å². The van der Waals surface area contributed by atoms with E-state index in [1.165, 1.54) is 0 Å². The van der Waals surface area contributed by atoms with Crippen molar-refractivity contribution in [1.82, 2.24) is 5.01 Å². The fourth-order valence-corrected chi connectivity index (χ4v) is 1.64. The van der Waals surface area contributed by atoms with E-state index in [-0.39, 0.29) is 12.1 Å². The van der Waals surface area contributed by atoms with Gasteiger partial charge in [0.15, 0.2) is 5.69 Å². The predicted octanol–water partition coefficient (Wildman–Crippen LogP) is 3.97. The Labute approximate surface area is 107 Å². The van der Waals surface area contributed by atoms with Crippen molar-refractivity contribution >= 4 is 17.3 Å². The zero-order valence-electron chi connectivity index (χ0n) is 10.6. The largest absolute Gasteiger partial charge is 0.691 e. The Morgan fingerprint density at radius 2 is 1.59 bits per heavy atom. The van der Waals surface area contributed by atoms with Gasteiger partial charge in [-0.1, -0.05) is 11.6 Å². The fraction of sp³-hybridized carbons (Fsp3) is 0.500. The van der Waals surface area contributed by atoms with Crippen molar-refractivity contribution < 1.29 is 4.86 Å². The summed E-state index contributed by atoms with van der Waals surface area (Å²) in [5.74, 6) is 0. The standard InChI is InChI=1S/C12H18ClN3O/c1-9(2)15(10(3)4)14-16(17)12-7-5-11(13)6-8-12/h5-10H,1-4H3. The van der Waals surface area contributed by atoms with Crippen molar-refractivity contribution in [3.05, 3.63) is 34.5 Å². The van der Waals surface area contributed by atoms with Crippen LogP contribution in [0.5, 0.6) is 0 Å². The second kappa shape index (κ2) is 5.87. The van der Waals surface area contributed by atoms with E-state index in [0.29, 0.717) is 15.6 Å². The second-order valence-electron chi connectivity index (χ2n) is 4.41. The number of nitrogens with zero attached hydrogens (tertiary/aromatic N) is 3. The van der Waals surface area contributed by atoms with E-state index in [2.05, 4.69) is 5.22 Å². The molecule has 0 saturated carbocycles. The minimum Gasteiger partial charge on any atom is -0.691 e. The van der Waals surface area contributed by atoms with Crippen molar-refractivity contribution in [2.75, 3.05) is 0 Å². The molecule has 0 amide bonds. The predicted molar refractivity (Wildman–Crippen MR) is 69.3 cm³/mol. The molecule has 0 saturated heterocycles. The maximum absolute atomic E-state index is 11.8. The van der Waals surface area contributed by atoms with Crippen molar-refractivity contribution in [3.8, 4) is 0 Å². The first kappa shape index (κ1) is 13.8. The van der Waals surface area contributed by atoms with Crippen LogP contribution >= 0.6 is 11.6 Å². The summed E-state index contributed by atoms with van der Waals surface area (Å²) < 4.78 is 0. The summed E-state index contributed by atoms with van der Waals surface area (Å²) in [4.78, 5) is 0.621. The first-order chi connectivity index (χ1) is 7.91. The maximum Gasteiger partial charge on any atom is 0.154 e. The Bertz CT molecular complexity index is 379. The summed E-state index contributed by atoms with van der Waals surface area (Å²) in [6.45, 7) is 8.00. The van der Waals surface area contributed by atoms with Gasteiger partial charge in [0.1, 0.15) is 12.1 Å². The molecule has 0 atom stereocenters. The van der Waals surface area contributed by atoms with Gasteiger partial charge < -0.3 is 5.21 Å². The Kier molecular flexibility index (Phi) is 4.75. The van der Waals surface area contributed by atoms with Gasteiger partial charge in [-0.05, 0) is 52.0 Å². The van der Waals surface area contributed by atoms with Gasteiger partial charge in [-0.25, -0.2) is 0 Å². The Hall–Kier alpha value is -1.29. The summed E-state index contributed by atoms with van der Waals surface area (Å²) in [6.07, 6.45) is 0. The summed E-state index contributed by atoms with van der Waals surface area (Å²) >= 11 is 5.76. The monoisotopic (exact) mass is 255 g/mol. The van der Waals surface area contributed by atoms with E-state index in [1.807, 2.05) is 27.7 Å². The smallest absolute Gasteiger partial charge is 0.154 e. The summed E-state index contributed by atoms with van der Waals surface area (Å²) in [5.41, 5.74) is 0.473. The van der Waals surface area contributed by atoms with Crippen molar-refractivity contribution in [3.63, 3.8) is 0 Å². The number of hydrogen-bond donors (Lipinski definition) is 0. The molecule has 0 aromatic heterocycles. The molecule has 0 fully saturated rings. The highest BCUT2D eigenvalue weighted by Crippen LogP contribution is 2.17. The lowest BCUT2D eigenvalue weighted by molar-refractivity contribution is -0.464. The fourth-order valence-electron chi connectivity index (χ4n) is 1.52. The molecule has 1 aromatic rings. The molecule has 0 aliphatic carbocycles. The lowest BCUT2D eigenvalue weighted by Gasteiger charge is -2.20. The first-order valence-corrected chi connectivity index (χ1v) is 6.02. The molecule has 94 valence electrons. The quantitative estimate of drug-likeness (QED) is 0.464. The molecule has 0 aliphatic heterocycles. The average molecular weight is 256 g/mol. The highest BCUT2D eigenvalue weighted by atomic mass is 35.5. The number of halogens is 1. The van der Waals surface area contributed by atoms with Gasteiger partial charge in [0.05, 0.1) is 5.22 Å². The van der Waals surface area contributed by atoms with Crippen LogP contribution in [-0.4, -0.2) is 22.0 Å². The molecule has 1 rings (SSSR count). The molecular weight excluding hydrogens is 238 g/mol. The van der Waals surface area contributed by atoms with Crippen LogP contribution < -0.4 is 0 Å². The van der Waals surface area contributed by atoms with Gasteiger partial charge in [0, 0.05) is 5.02 Å². The Morgan fingerprint density at radius 1 is 1.12 bits per heavy atom. The van der Waals surface area contributed by atoms with Crippen molar-refractivity contribution in [2.24, 2.45) is 5.22 Å². The van der Waals surface area contributed by atoms with Gasteiger partial charge in [-0.15, -0.1) is 4.86 Å². The van der Waals surface area contributed by atoms with Crippen molar-refractivity contribution in [2.45, 2.75) is 39.8 Å². The highest BCUT2D eigenvalue weighted by molar-refractivity contribution is 6.30. The first-order valence-electron chi connectivity index (χ1n) is 5.64. The highest BCUT2D eigenvalue weighted by Gasteiger charge is 2.18. The molecule has 1 aromatic carbocycles. The van der Waals surface area contributed by atoms with Gasteiger partial charge in [0.2, 0.25) is 0 Å². The molecule has 0 unspecified atom stereocenters. The van der Waals surface area contributed by atoms with Gasteiger partial charge >= 0.3 is 0 Å². The molecule has 0 bridgehead atoms. The van der Waals surface area contributed by atoms with Crippen LogP contribution in [-0.2, 0) is 0 Å². The topological polar surface area (TPSA) is 41.7 Å². The minimum absolute atomic E-state index is 0.179. The van der Waals surface area contributed by atoms with Gasteiger partial charge in [-0.3, -0.25) is 0 Å². The lowest BCUT2D eigenvalue weighted by Crippen LogP contribution is -2.33. The van der Waals surface area contributed by atoms with Crippen molar-refractivity contribution in [1.29, 1.82) is 0 Å². The lowest BCUT2D eigenvalue weighted by atomic mass is 10.3. The average Bonchev–Trinajstić information content (AvgIpc) is 2.25. The molecule has 17 heavy (non-hydrogen) atoms. The Balaban J connectivity index is 2.94. The molecule has 0 spiro atoms. The van der Waals surface area contributed by atoms with Crippen LogP contribution in [0.2, 0.25) is 5.02 Å². The van der Waals surface area contributed by atoms with E-state index < -0.39 is 0 Å². The van der Waals surface area contributed by atoms with Crippen LogP contribution in [0.4, 0.5) is 5.69 Å². The van der Waals surface area contributed by atoms with Crippen LogP contribution in [0.25, 0.3) is 0 Å². The Morgan fingerprint density at radius 3 is 2.00 bits per heavy atom. The third kappa shape index (κ3) is 3.89. The second-order valence-corrected chi connectivity index (χ2v) is 4.84. The summed E-state index contributed by atoms with van der Waals surface area (Å²) in [5, 5.41) is 18.3. The molecule has 0 heterocycles. The van der Waals surface area contributed by atoms with Crippen LogP contribution in [0, 0.1) is 5.21 Å². The normalized spacial score (nSPS) is 12.3. The summed E-state index contributed by atoms with van der Waals surface area (Å²) in [6, 6.07) is 7.01. The van der Waals surface area contributed by atoms with E-state index in [9.17, 15) is 5.21 Å². The van der Waals surface area contributed by atoms with E-state index in [1.54, 1.807) is 29.3 Å².